The summed E-state index contributed by atoms with van der Waals surface area (Å²) in [7, 11) is 0. The second-order valence-corrected chi connectivity index (χ2v) is 8.04. The molecule has 4 nitrogen and oxygen atoms in total. The van der Waals surface area contributed by atoms with E-state index in [0.717, 1.165) is 26.9 Å². The number of nitrogens with zero attached hydrogens (tertiary/aromatic N) is 1. The van der Waals surface area contributed by atoms with Gasteiger partial charge in [-0.3, -0.25) is 9.69 Å². The fourth-order valence-electron chi connectivity index (χ4n) is 3.91. The van der Waals surface area contributed by atoms with E-state index in [1.807, 2.05) is 30.3 Å². The molecule has 0 aromatic heterocycles. The molecule has 2 atom stereocenters. The summed E-state index contributed by atoms with van der Waals surface area (Å²) in [5.74, 6) is -0.596. The smallest absolute Gasteiger partial charge is 0.320 e. The predicted octanol–water partition coefficient (Wildman–Crippen LogP) is 5.67. The molecular formula is C24H22BrFN2O2. The van der Waals surface area contributed by atoms with Crippen LogP contribution in [0.25, 0.3) is 0 Å². The average molecular weight is 469 g/mol. The Morgan fingerprint density at radius 3 is 2.50 bits per heavy atom. The van der Waals surface area contributed by atoms with E-state index < -0.39 is 0 Å². The fourth-order valence-corrected chi connectivity index (χ4v) is 4.29. The maximum Gasteiger partial charge on any atom is 0.320 e. The Balaban J connectivity index is 1.86. The van der Waals surface area contributed by atoms with Gasteiger partial charge in [-0.1, -0.05) is 58.4 Å². The monoisotopic (exact) mass is 468 g/mol. The van der Waals surface area contributed by atoms with Crippen LogP contribution in [-0.4, -0.2) is 24.0 Å². The Kier molecular flexibility index (Phi) is 6.16. The van der Waals surface area contributed by atoms with Crippen LogP contribution in [0, 0.1) is 5.82 Å². The molecule has 154 valence electrons. The minimum Gasteiger partial charge on any atom is -0.465 e. The molecule has 0 amide bonds. The Bertz CT molecular complexity index is 1030. The summed E-state index contributed by atoms with van der Waals surface area (Å²) in [6.45, 7) is 2.21. The first kappa shape index (κ1) is 20.6. The first-order chi connectivity index (χ1) is 14.6. The number of anilines is 1. The summed E-state index contributed by atoms with van der Waals surface area (Å²) < 4.78 is 19.8. The van der Waals surface area contributed by atoms with Crippen LogP contribution in [-0.2, 0) is 9.53 Å². The lowest BCUT2D eigenvalue weighted by atomic mass is 9.91. The summed E-state index contributed by atoms with van der Waals surface area (Å²) in [5, 5.41) is 3.53. The maximum absolute atomic E-state index is 13.6. The number of benzene rings is 3. The molecule has 0 saturated heterocycles. The van der Waals surface area contributed by atoms with Crippen molar-refractivity contribution in [1.29, 1.82) is 0 Å². The molecule has 0 saturated carbocycles. The van der Waals surface area contributed by atoms with Crippen LogP contribution in [0.1, 0.15) is 35.8 Å². The highest BCUT2D eigenvalue weighted by Gasteiger charge is 2.37. The van der Waals surface area contributed by atoms with Gasteiger partial charge >= 0.3 is 5.97 Å². The lowest BCUT2D eigenvalue weighted by Crippen LogP contribution is -2.44. The van der Waals surface area contributed by atoms with E-state index >= 15 is 0 Å². The van der Waals surface area contributed by atoms with Gasteiger partial charge in [0.25, 0.3) is 0 Å². The number of rotatable bonds is 5. The van der Waals surface area contributed by atoms with Gasteiger partial charge in [-0.25, -0.2) is 4.39 Å². The first-order valence-corrected chi connectivity index (χ1v) is 10.6. The number of nitrogens with one attached hydrogen (secondary N) is 1. The van der Waals surface area contributed by atoms with Crippen LogP contribution >= 0.6 is 15.9 Å². The molecule has 1 heterocycles. The first-order valence-electron chi connectivity index (χ1n) is 9.84. The van der Waals surface area contributed by atoms with E-state index in [9.17, 15) is 9.18 Å². The number of hydrogen-bond acceptors (Lipinski definition) is 4. The minimum absolute atomic E-state index is 0.0917. The molecule has 0 radical (unpaired) electrons. The third kappa shape index (κ3) is 4.25. The van der Waals surface area contributed by atoms with E-state index in [1.165, 1.54) is 12.1 Å². The van der Waals surface area contributed by atoms with Crippen molar-refractivity contribution in [3.63, 3.8) is 0 Å². The lowest BCUT2D eigenvalue weighted by Gasteiger charge is -2.44. The molecule has 6 heteroatoms. The van der Waals surface area contributed by atoms with E-state index in [-0.39, 0.29) is 30.5 Å². The third-order valence-electron chi connectivity index (χ3n) is 5.18. The molecule has 0 bridgehead atoms. The van der Waals surface area contributed by atoms with Gasteiger partial charge in [0.05, 0.1) is 19.2 Å². The average Bonchev–Trinajstić information content (AvgIpc) is 2.75. The molecule has 30 heavy (non-hydrogen) atoms. The molecule has 1 aliphatic rings. The molecule has 0 unspecified atom stereocenters. The van der Waals surface area contributed by atoms with E-state index in [2.05, 4.69) is 44.3 Å². The fraction of sp³-hybridized carbons (Fsp3) is 0.208. The Morgan fingerprint density at radius 2 is 1.80 bits per heavy atom. The van der Waals surface area contributed by atoms with Gasteiger partial charge in [-0.05, 0) is 53.9 Å². The summed E-state index contributed by atoms with van der Waals surface area (Å²) in [6.07, 6.45) is -0.325. The van der Waals surface area contributed by atoms with Crippen molar-refractivity contribution in [2.75, 3.05) is 18.5 Å². The molecule has 4 rings (SSSR count). The molecule has 3 aromatic carbocycles. The molecule has 1 aliphatic heterocycles. The van der Waals surface area contributed by atoms with Crippen LogP contribution in [0.15, 0.2) is 77.3 Å². The number of fused-ring (bicyclic) bond motifs is 1. The Labute approximate surface area is 183 Å². The number of halogens is 2. The summed E-state index contributed by atoms with van der Waals surface area (Å²) in [5.41, 5.74) is 3.96. The Hall–Kier alpha value is -2.70. The van der Waals surface area contributed by atoms with Gasteiger partial charge in [0.15, 0.2) is 0 Å². The summed E-state index contributed by atoms with van der Waals surface area (Å²) in [4.78, 5) is 14.6. The zero-order chi connectivity index (χ0) is 21.1. The second-order valence-electron chi connectivity index (χ2n) is 7.12. The van der Waals surface area contributed by atoms with Crippen molar-refractivity contribution < 1.29 is 13.9 Å². The van der Waals surface area contributed by atoms with Gasteiger partial charge in [0.1, 0.15) is 12.0 Å². The number of hydrogen-bond donors (Lipinski definition) is 1. The molecule has 1 N–H and O–H groups in total. The third-order valence-corrected chi connectivity index (χ3v) is 5.68. The van der Waals surface area contributed by atoms with Crippen LogP contribution in [0.4, 0.5) is 10.1 Å². The maximum atomic E-state index is 13.6. The molecule has 0 spiro atoms. The lowest BCUT2D eigenvalue weighted by molar-refractivity contribution is -0.145. The van der Waals surface area contributed by atoms with Crippen LogP contribution in [0.2, 0.25) is 0 Å². The van der Waals surface area contributed by atoms with E-state index in [4.69, 9.17) is 4.74 Å². The van der Waals surface area contributed by atoms with Crippen LogP contribution in [0.5, 0.6) is 0 Å². The highest BCUT2D eigenvalue weighted by atomic mass is 79.9. The number of esters is 1. The highest BCUT2D eigenvalue weighted by Crippen LogP contribution is 2.44. The largest absolute Gasteiger partial charge is 0.465 e. The van der Waals surface area contributed by atoms with Crippen molar-refractivity contribution in [2.45, 2.75) is 19.1 Å². The minimum atomic E-state index is -0.325. The topological polar surface area (TPSA) is 41.6 Å². The Morgan fingerprint density at radius 1 is 1.07 bits per heavy atom. The highest BCUT2D eigenvalue weighted by molar-refractivity contribution is 9.10. The van der Waals surface area contributed by atoms with Crippen LogP contribution < -0.4 is 5.32 Å². The van der Waals surface area contributed by atoms with Gasteiger partial charge < -0.3 is 10.1 Å². The van der Waals surface area contributed by atoms with Crippen molar-refractivity contribution in [3.8, 4) is 0 Å². The normalized spacial score (nSPS) is 18.4. The van der Waals surface area contributed by atoms with Gasteiger partial charge in [0.2, 0.25) is 0 Å². The van der Waals surface area contributed by atoms with Crippen molar-refractivity contribution in [3.05, 3.63) is 99.8 Å². The van der Waals surface area contributed by atoms with Crippen molar-refractivity contribution in [1.82, 2.24) is 4.90 Å². The van der Waals surface area contributed by atoms with Crippen LogP contribution in [0.3, 0.4) is 0 Å². The molecule has 0 fully saturated rings. The SMILES string of the molecule is CCOC(=O)CN1[C@@H](c2ccccc2)c2cc(Br)ccc2N[C@H]1c1ccc(F)cc1. The quantitative estimate of drug-likeness (QED) is 0.490. The molecule has 3 aromatic rings. The zero-order valence-corrected chi connectivity index (χ0v) is 18.1. The predicted molar refractivity (Wildman–Crippen MR) is 119 cm³/mol. The second kappa shape index (κ2) is 8.98. The zero-order valence-electron chi connectivity index (χ0n) is 16.5. The van der Waals surface area contributed by atoms with Gasteiger partial charge in [-0.2, -0.15) is 0 Å². The van der Waals surface area contributed by atoms with E-state index in [1.54, 1.807) is 19.1 Å². The summed E-state index contributed by atoms with van der Waals surface area (Å²) in [6, 6.07) is 22.3. The molecular weight excluding hydrogens is 447 g/mol. The number of carbonyl (C=O) groups excluding carboxylic acids is 1. The van der Waals surface area contributed by atoms with Crippen molar-refractivity contribution in [2.24, 2.45) is 0 Å². The van der Waals surface area contributed by atoms with Gasteiger partial charge in [-0.15, -0.1) is 0 Å². The van der Waals surface area contributed by atoms with Gasteiger partial charge in [0, 0.05) is 10.2 Å². The van der Waals surface area contributed by atoms with E-state index in [0.29, 0.717) is 6.61 Å². The summed E-state index contributed by atoms with van der Waals surface area (Å²) >= 11 is 3.57. The number of ether oxygens (including phenoxy) is 1. The standard InChI is InChI=1S/C24H22BrFN2O2/c1-2-30-22(29)15-28-23(16-6-4-3-5-7-16)20-14-18(25)10-13-21(20)27-24(28)17-8-11-19(26)12-9-17/h3-14,23-24,27H,2,15H2,1H3/t23-,24+/m0/s1. The molecule has 0 aliphatic carbocycles. The van der Waals surface area contributed by atoms with Crippen molar-refractivity contribution >= 4 is 27.6 Å². The number of carbonyl (C=O) groups is 1.